The highest BCUT2D eigenvalue weighted by Crippen LogP contribution is 2.43. The fourth-order valence-electron chi connectivity index (χ4n) is 4.20. The Labute approximate surface area is 252 Å². The zero-order valence-corrected chi connectivity index (χ0v) is 24.9. The molecule has 13 heteroatoms. The average Bonchev–Trinajstić information content (AvgIpc) is 2.98. The maximum absolute atomic E-state index is 13.4. The number of ether oxygens (including phenoxy) is 1. The minimum Gasteiger partial charge on any atom is -0.448 e. The Kier molecular flexibility index (Phi) is 10.1. The predicted molar refractivity (Wildman–Crippen MR) is 162 cm³/mol. The van der Waals surface area contributed by atoms with Gasteiger partial charge in [0.1, 0.15) is 17.1 Å². The van der Waals surface area contributed by atoms with E-state index < -0.39 is 34.1 Å². The number of fused-ring (bicyclic) bond motifs is 1. The van der Waals surface area contributed by atoms with Crippen molar-refractivity contribution in [3.63, 3.8) is 0 Å². The molecule has 0 aliphatic carbocycles. The van der Waals surface area contributed by atoms with Crippen LogP contribution in [0.3, 0.4) is 0 Å². The lowest BCUT2D eigenvalue weighted by Crippen LogP contribution is -2.68. The summed E-state index contributed by atoms with van der Waals surface area (Å²) in [5, 5.41) is -0.320. The second-order valence-corrected chi connectivity index (χ2v) is 13.0. The summed E-state index contributed by atoms with van der Waals surface area (Å²) in [5.41, 5.74) is 13.9. The van der Waals surface area contributed by atoms with Crippen molar-refractivity contribution >= 4 is 51.4 Å². The number of hydrogen-bond acceptors (Lipinski definition) is 9. The van der Waals surface area contributed by atoms with Gasteiger partial charge in [-0.2, -0.15) is 8.42 Å². The first-order chi connectivity index (χ1) is 20.0. The van der Waals surface area contributed by atoms with Gasteiger partial charge in [-0.15, -0.1) is 23.5 Å². The Morgan fingerprint density at radius 2 is 1.57 bits per heavy atom. The minimum atomic E-state index is -4.02. The van der Waals surface area contributed by atoms with Crippen LogP contribution in [-0.2, 0) is 29.2 Å². The molecule has 0 unspecified atom stereocenters. The zero-order valence-electron chi connectivity index (χ0n) is 22.5. The first-order valence-corrected chi connectivity index (χ1v) is 16.1. The summed E-state index contributed by atoms with van der Waals surface area (Å²) in [7, 11) is -4.02. The van der Waals surface area contributed by atoms with E-state index >= 15 is 0 Å². The number of primary amides is 1. The number of benzene rings is 3. The summed E-state index contributed by atoms with van der Waals surface area (Å²) in [6.07, 6.45) is -0.650. The summed E-state index contributed by atoms with van der Waals surface area (Å²) in [6.45, 7) is 1.84. The molecular weight excluding hydrogens is 599 g/mol. The Morgan fingerprint density at radius 1 is 1.02 bits per heavy atom. The third-order valence-corrected chi connectivity index (χ3v) is 9.77. The van der Waals surface area contributed by atoms with Gasteiger partial charge < -0.3 is 16.2 Å². The molecule has 0 saturated carbocycles. The largest absolute Gasteiger partial charge is 0.448 e. The van der Waals surface area contributed by atoms with E-state index in [9.17, 15) is 22.8 Å². The normalized spacial score (nSPS) is 18.0. The van der Waals surface area contributed by atoms with E-state index in [2.05, 4.69) is 0 Å². The molecule has 42 heavy (non-hydrogen) atoms. The van der Waals surface area contributed by atoms with E-state index in [4.69, 9.17) is 20.8 Å². The highest BCUT2D eigenvalue weighted by atomic mass is 32.2. The summed E-state index contributed by atoms with van der Waals surface area (Å²) >= 11 is 2.61. The zero-order chi connectivity index (χ0) is 30.4. The average molecular weight is 628 g/mol. The Morgan fingerprint density at radius 3 is 2.07 bits per heavy atom. The second kappa shape index (κ2) is 13.6. The van der Waals surface area contributed by atoms with Crippen LogP contribution in [0.1, 0.15) is 22.8 Å². The SMILES string of the molecule is Cc1ccc(S(=O)(=O)O)cc1.NC(=O)CSC1=C(C(=O)OC(c2ccccc2)c2ccccc2)N2C(=O)[C@@H](N)[C@H]2SC1. The monoisotopic (exact) mass is 627 g/mol. The second-order valence-electron chi connectivity index (χ2n) is 9.36. The number of hydrogen-bond donors (Lipinski definition) is 3. The number of carbonyl (C=O) groups excluding carboxylic acids is 3. The first kappa shape index (κ1) is 31.3. The van der Waals surface area contributed by atoms with Gasteiger partial charge in [0, 0.05) is 10.7 Å². The van der Waals surface area contributed by atoms with Crippen LogP contribution in [0, 0.1) is 6.92 Å². The number of esters is 1. The van der Waals surface area contributed by atoms with Gasteiger partial charge in [0.25, 0.3) is 10.1 Å². The van der Waals surface area contributed by atoms with Crippen molar-refractivity contribution in [3.05, 3.63) is 112 Å². The maximum atomic E-state index is 13.4. The van der Waals surface area contributed by atoms with Crippen molar-refractivity contribution in [2.24, 2.45) is 11.5 Å². The predicted octanol–water partition coefficient (Wildman–Crippen LogP) is 3.23. The molecule has 0 spiro atoms. The quantitative estimate of drug-likeness (QED) is 0.191. The Hall–Kier alpha value is -3.62. The molecule has 10 nitrogen and oxygen atoms in total. The van der Waals surface area contributed by atoms with Gasteiger partial charge >= 0.3 is 5.97 Å². The van der Waals surface area contributed by atoms with Crippen LogP contribution in [0.25, 0.3) is 0 Å². The molecule has 2 heterocycles. The summed E-state index contributed by atoms with van der Waals surface area (Å²) < 4.78 is 35.5. The van der Waals surface area contributed by atoms with Gasteiger partial charge in [0.15, 0.2) is 6.10 Å². The standard InChI is InChI=1S/C22H21N3O4S2.C7H8O3S/c23-16(26)12-30-15-11-31-21-17(24)20(27)25(21)18(15)22(28)29-19(13-7-3-1-4-8-13)14-9-5-2-6-10-14;1-6-2-4-7(5-3-6)11(8,9)10/h1-10,17,19,21H,11-12,24H2,(H2,23,26);2-5H,1H3,(H,8,9,10)/t17-,21-;/m1./s1. The van der Waals surface area contributed by atoms with Crippen molar-refractivity contribution in [2.75, 3.05) is 11.5 Å². The van der Waals surface area contributed by atoms with Crippen LogP contribution < -0.4 is 11.5 Å². The Balaban J connectivity index is 0.000000310. The minimum absolute atomic E-state index is 0.00617. The molecule has 2 aliphatic heterocycles. The van der Waals surface area contributed by atoms with Crippen LogP contribution in [0.15, 0.2) is 100 Å². The lowest BCUT2D eigenvalue weighted by atomic mass is 10.0. The third-order valence-electron chi connectivity index (χ3n) is 6.30. The molecule has 2 atom stereocenters. The Bertz CT molecular complexity index is 1540. The van der Waals surface area contributed by atoms with Crippen LogP contribution in [-0.4, -0.2) is 58.6 Å². The molecule has 5 N–H and O–H groups in total. The van der Waals surface area contributed by atoms with E-state index in [1.807, 2.05) is 67.6 Å². The lowest BCUT2D eigenvalue weighted by molar-refractivity contribution is -0.152. The van der Waals surface area contributed by atoms with E-state index in [-0.39, 0.29) is 27.6 Å². The molecule has 0 bridgehead atoms. The highest BCUT2D eigenvalue weighted by Gasteiger charge is 2.52. The van der Waals surface area contributed by atoms with Gasteiger partial charge in [0.05, 0.1) is 10.6 Å². The van der Waals surface area contributed by atoms with Crippen LogP contribution in [0.4, 0.5) is 0 Å². The number of rotatable bonds is 8. The molecule has 220 valence electrons. The number of β-lactam (4-membered cyclic amide) rings is 1. The third kappa shape index (κ3) is 7.41. The van der Waals surface area contributed by atoms with E-state index in [0.29, 0.717) is 10.7 Å². The fraction of sp³-hybridized carbons (Fsp3) is 0.207. The molecule has 1 saturated heterocycles. The molecular formula is C29H29N3O7S3. The first-order valence-electron chi connectivity index (χ1n) is 12.7. The van der Waals surface area contributed by atoms with Gasteiger partial charge in [-0.25, -0.2) is 4.79 Å². The van der Waals surface area contributed by atoms with E-state index in [0.717, 1.165) is 28.5 Å². The molecule has 3 aromatic carbocycles. The number of carbonyl (C=O) groups is 3. The van der Waals surface area contributed by atoms with Crippen molar-refractivity contribution in [1.29, 1.82) is 0 Å². The van der Waals surface area contributed by atoms with Crippen molar-refractivity contribution in [2.45, 2.75) is 29.3 Å². The fourth-order valence-corrected chi connectivity index (χ4v) is 7.00. The van der Waals surface area contributed by atoms with Crippen LogP contribution >= 0.6 is 23.5 Å². The number of amides is 2. The lowest BCUT2D eigenvalue weighted by Gasteiger charge is -2.48. The van der Waals surface area contributed by atoms with Gasteiger partial charge in [-0.3, -0.25) is 19.0 Å². The van der Waals surface area contributed by atoms with E-state index in [1.54, 1.807) is 12.1 Å². The number of nitrogens with two attached hydrogens (primary N) is 2. The topological polar surface area (TPSA) is 170 Å². The van der Waals surface area contributed by atoms with Crippen molar-refractivity contribution < 1.29 is 32.1 Å². The van der Waals surface area contributed by atoms with Gasteiger partial charge in [0.2, 0.25) is 11.8 Å². The van der Waals surface area contributed by atoms with Crippen LogP contribution in [0.2, 0.25) is 0 Å². The van der Waals surface area contributed by atoms with Crippen molar-refractivity contribution in [3.8, 4) is 0 Å². The van der Waals surface area contributed by atoms with Gasteiger partial charge in [-0.1, -0.05) is 78.4 Å². The van der Waals surface area contributed by atoms with Crippen LogP contribution in [0.5, 0.6) is 0 Å². The highest BCUT2D eigenvalue weighted by molar-refractivity contribution is 8.06. The molecule has 2 aliphatic rings. The van der Waals surface area contributed by atoms with Gasteiger partial charge in [-0.05, 0) is 30.2 Å². The smallest absolute Gasteiger partial charge is 0.356 e. The molecule has 3 aromatic rings. The maximum Gasteiger partial charge on any atom is 0.356 e. The molecule has 2 amide bonds. The molecule has 5 rings (SSSR count). The summed E-state index contributed by atoms with van der Waals surface area (Å²) in [5.74, 6) is -1.01. The summed E-state index contributed by atoms with van der Waals surface area (Å²) in [6, 6.07) is 24.1. The molecule has 0 radical (unpaired) electrons. The number of nitrogens with zero attached hydrogens (tertiary/aromatic N) is 1. The number of thioether (sulfide) groups is 2. The van der Waals surface area contributed by atoms with E-state index in [1.165, 1.54) is 28.8 Å². The van der Waals surface area contributed by atoms with Crippen molar-refractivity contribution in [1.82, 2.24) is 4.90 Å². The molecule has 1 fully saturated rings. The summed E-state index contributed by atoms with van der Waals surface area (Å²) in [4.78, 5) is 39.1. The number of aryl methyl sites for hydroxylation is 1. The molecule has 0 aromatic heterocycles.